The first-order valence-electron chi connectivity index (χ1n) is 8.99. The van der Waals surface area contributed by atoms with Crippen molar-refractivity contribution in [3.63, 3.8) is 0 Å². The molecule has 0 N–H and O–H groups in total. The normalized spacial score (nSPS) is 16.7. The second-order valence-corrected chi connectivity index (χ2v) is 6.60. The number of halogens is 3. The van der Waals surface area contributed by atoms with Crippen LogP contribution in [0.1, 0.15) is 24.5 Å². The van der Waals surface area contributed by atoms with Crippen LogP contribution in [0, 0.1) is 11.3 Å². The topological polar surface area (TPSA) is 52.4 Å². The van der Waals surface area contributed by atoms with Crippen molar-refractivity contribution < 1.29 is 17.9 Å². The zero-order valence-corrected chi connectivity index (χ0v) is 15.7. The SMILES string of the molecule is CCN(c1ccc(C#N)c(C(F)(F)F)c1)C1CCN(c2cncc(OC)c2)C1. The van der Waals surface area contributed by atoms with Crippen molar-refractivity contribution in [2.75, 3.05) is 36.5 Å². The Balaban J connectivity index is 1.84. The maximum absolute atomic E-state index is 13.3. The standard InChI is InChI=1S/C20H21F3N4O/c1-3-27(15-5-4-14(10-24)19(9-15)20(21,22)23)16-6-7-26(13-16)17-8-18(28-2)12-25-11-17/h4-5,8-9,11-12,16H,3,6-7,13H2,1-2H3. The van der Waals surface area contributed by atoms with E-state index in [0.717, 1.165) is 24.7 Å². The number of likely N-dealkylation sites (N-methyl/N-ethyl adjacent to an activating group) is 1. The van der Waals surface area contributed by atoms with Crippen LogP contribution in [0.15, 0.2) is 36.7 Å². The number of benzene rings is 1. The van der Waals surface area contributed by atoms with Gasteiger partial charge in [0.25, 0.3) is 0 Å². The lowest BCUT2D eigenvalue weighted by molar-refractivity contribution is -0.137. The van der Waals surface area contributed by atoms with Crippen LogP contribution in [-0.4, -0.2) is 37.8 Å². The largest absolute Gasteiger partial charge is 0.495 e. The molecular weight excluding hydrogens is 369 g/mol. The molecule has 1 saturated heterocycles. The molecule has 2 heterocycles. The molecule has 1 aliphatic rings. The number of nitriles is 1. The molecule has 1 aromatic carbocycles. The number of anilines is 2. The molecule has 1 fully saturated rings. The number of ether oxygens (including phenoxy) is 1. The Hall–Kier alpha value is -2.95. The highest BCUT2D eigenvalue weighted by Crippen LogP contribution is 2.36. The summed E-state index contributed by atoms with van der Waals surface area (Å²) in [4.78, 5) is 8.28. The fraction of sp³-hybridized carbons (Fsp3) is 0.400. The third-order valence-corrected chi connectivity index (χ3v) is 5.01. The number of alkyl halides is 3. The summed E-state index contributed by atoms with van der Waals surface area (Å²) in [5.41, 5.74) is 0.152. The van der Waals surface area contributed by atoms with E-state index in [9.17, 15) is 13.2 Å². The van der Waals surface area contributed by atoms with Crippen molar-refractivity contribution in [1.82, 2.24) is 4.98 Å². The number of methoxy groups -OCH3 is 1. The van der Waals surface area contributed by atoms with Crippen LogP contribution in [0.3, 0.4) is 0 Å². The predicted octanol–water partition coefficient (Wildman–Crippen LogP) is 4.09. The number of pyridine rings is 1. The van der Waals surface area contributed by atoms with Gasteiger partial charge in [-0.25, -0.2) is 0 Å². The van der Waals surface area contributed by atoms with Crippen LogP contribution in [0.4, 0.5) is 24.5 Å². The first-order valence-corrected chi connectivity index (χ1v) is 8.99. The minimum Gasteiger partial charge on any atom is -0.495 e. The molecule has 0 radical (unpaired) electrons. The molecule has 1 aliphatic heterocycles. The lowest BCUT2D eigenvalue weighted by Crippen LogP contribution is -2.37. The van der Waals surface area contributed by atoms with E-state index in [0.29, 0.717) is 24.5 Å². The Morgan fingerprint density at radius 1 is 1.32 bits per heavy atom. The summed E-state index contributed by atoms with van der Waals surface area (Å²) in [7, 11) is 1.58. The molecule has 2 aromatic rings. The Morgan fingerprint density at radius 3 is 2.75 bits per heavy atom. The molecule has 0 spiro atoms. The first-order chi connectivity index (χ1) is 13.4. The summed E-state index contributed by atoms with van der Waals surface area (Å²) in [6.45, 7) is 3.93. The summed E-state index contributed by atoms with van der Waals surface area (Å²) < 4.78 is 45.2. The lowest BCUT2D eigenvalue weighted by Gasteiger charge is -2.31. The van der Waals surface area contributed by atoms with Gasteiger partial charge in [0.1, 0.15) is 5.75 Å². The molecule has 28 heavy (non-hydrogen) atoms. The monoisotopic (exact) mass is 390 g/mol. The van der Waals surface area contributed by atoms with Crippen LogP contribution in [0.5, 0.6) is 5.75 Å². The highest BCUT2D eigenvalue weighted by atomic mass is 19.4. The fourth-order valence-electron chi connectivity index (χ4n) is 3.62. The zero-order chi connectivity index (χ0) is 20.3. The number of hydrogen-bond donors (Lipinski definition) is 0. The smallest absolute Gasteiger partial charge is 0.417 e. The van der Waals surface area contributed by atoms with Crippen molar-refractivity contribution in [2.45, 2.75) is 25.6 Å². The fourth-order valence-corrected chi connectivity index (χ4v) is 3.62. The summed E-state index contributed by atoms with van der Waals surface area (Å²) in [6.07, 6.45) is -0.365. The minimum absolute atomic E-state index is 0.0604. The van der Waals surface area contributed by atoms with E-state index in [2.05, 4.69) is 9.88 Å². The van der Waals surface area contributed by atoms with Crippen LogP contribution in [-0.2, 0) is 6.18 Å². The molecule has 0 aliphatic carbocycles. The summed E-state index contributed by atoms with van der Waals surface area (Å²) in [5, 5.41) is 9.00. The van der Waals surface area contributed by atoms with Gasteiger partial charge in [0.05, 0.1) is 42.4 Å². The van der Waals surface area contributed by atoms with Crippen LogP contribution in [0.2, 0.25) is 0 Å². The second kappa shape index (κ2) is 7.97. The average Bonchev–Trinajstić information content (AvgIpc) is 3.17. The molecule has 148 valence electrons. The third-order valence-electron chi connectivity index (χ3n) is 5.01. The Kier molecular flexibility index (Phi) is 5.63. The predicted molar refractivity (Wildman–Crippen MR) is 101 cm³/mol. The molecule has 0 amide bonds. The third kappa shape index (κ3) is 3.98. The molecule has 0 saturated carbocycles. The lowest BCUT2D eigenvalue weighted by atomic mass is 10.1. The number of hydrogen-bond acceptors (Lipinski definition) is 5. The second-order valence-electron chi connectivity index (χ2n) is 6.60. The molecule has 8 heteroatoms. The van der Waals surface area contributed by atoms with E-state index in [1.807, 2.05) is 17.9 Å². The van der Waals surface area contributed by atoms with Gasteiger partial charge in [0.2, 0.25) is 0 Å². The Labute approximate surface area is 162 Å². The van der Waals surface area contributed by atoms with Crippen LogP contribution < -0.4 is 14.5 Å². The first kappa shape index (κ1) is 19.8. The number of rotatable bonds is 5. The van der Waals surface area contributed by atoms with Gasteiger partial charge in [-0.2, -0.15) is 18.4 Å². The van der Waals surface area contributed by atoms with E-state index in [1.165, 1.54) is 6.07 Å². The van der Waals surface area contributed by atoms with Gasteiger partial charge in [-0.1, -0.05) is 0 Å². The highest BCUT2D eigenvalue weighted by Gasteiger charge is 2.35. The van der Waals surface area contributed by atoms with Crippen molar-refractivity contribution >= 4 is 11.4 Å². The maximum atomic E-state index is 13.3. The highest BCUT2D eigenvalue weighted by molar-refractivity contribution is 5.57. The van der Waals surface area contributed by atoms with Crippen LogP contribution in [0.25, 0.3) is 0 Å². The summed E-state index contributed by atoms with van der Waals surface area (Å²) >= 11 is 0. The van der Waals surface area contributed by atoms with Gasteiger partial charge in [-0.3, -0.25) is 4.98 Å². The van der Waals surface area contributed by atoms with Crippen molar-refractivity contribution in [3.05, 3.63) is 47.8 Å². The van der Waals surface area contributed by atoms with E-state index < -0.39 is 11.7 Å². The van der Waals surface area contributed by atoms with Gasteiger partial charge in [-0.05, 0) is 31.5 Å². The molecule has 1 aromatic heterocycles. The number of aromatic nitrogens is 1. The molecular formula is C20H21F3N4O. The van der Waals surface area contributed by atoms with E-state index in [4.69, 9.17) is 10.00 Å². The van der Waals surface area contributed by atoms with Crippen molar-refractivity contribution in [2.24, 2.45) is 0 Å². The van der Waals surface area contributed by atoms with Crippen molar-refractivity contribution in [3.8, 4) is 11.8 Å². The molecule has 3 rings (SSSR count). The molecule has 0 bridgehead atoms. The van der Waals surface area contributed by atoms with E-state index in [1.54, 1.807) is 31.6 Å². The zero-order valence-electron chi connectivity index (χ0n) is 15.7. The minimum atomic E-state index is -4.56. The van der Waals surface area contributed by atoms with Gasteiger partial charge in [0, 0.05) is 37.4 Å². The average molecular weight is 390 g/mol. The summed E-state index contributed by atoms with van der Waals surface area (Å²) in [6, 6.07) is 7.51. The van der Waals surface area contributed by atoms with Gasteiger partial charge in [0.15, 0.2) is 0 Å². The quantitative estimate of drug-likeness (QED) is 0.770. The van der Waals surface area contributed by atoms with E-state index in [-0.39, 0.29) is 11.6 Å². The summed E-state index contributed by atoms with van der Waals surface area (Å²) in [5.74, 6) is 0.662. The molecule has 1 atom stereocenters. The van der Waals surface area contributed by atoms with Crippen molar-refractivity contribution in [1.29, 1.82) is 5.26 Å². The van der Waals surface area contributed by atoms with Gasteiger partial charge >= 0.3 is 6.18 Å². The maximum Gasteiger partial charge on any atom is 0.417 e. The van der Waals surface area contributed by atoms with Gasteiger partial charge in [-0.15, -0.1) is 0 Å². The van der Waals surface area contributed by atoms with Crippen LogP contribution >= 0.6 is 0 Å². The van der Waals surface area contributed by atoms with Gasteiger partial charge < -0.3 is 14.5 Å². The molecule has 5 nitrogen and oxygen atoms in total. The Bertz CT molecular complexity index is 878. The molecule has 1 unspecified atom stereocenters. The number of nitrogens with zero attached hydrogens (tertiary/aromatic N) is 4. The van der Waals surface area contributed by atoms with E-state index >= 15 is 0 Å². The Morgan fingerprint density at radius 2 is 2.11 bits per heavy atom.